The van der Waals surface area contributed by atoms with Gasteiger partial charge in [0.05, 0.1) is 17.9 Å². The Morgan fingerprint density at radius 3 is 2.75 bits per heavy atom. The Bertz CT molecular complexity index is 877. The molecule has 0 atom stereocenters. The van der Waals surface area contributed by atoms with Gasteiger partial charge in [-0.15, -0.1) is 0 Å². The second kappa shape index (κ2) is 8.11. The summed E-state index contributed by atoms with van der Waals surface area (Å²) in [6, 6.07) is 8.41. The normalized spacial score (nSPS) is 20.5. The first kappa shape index (κ1) is 19.2. The Morgan fingerprint density at radius 2 is 2.00 bits per heavy atom. The summed E-state index contributed by atoms with van der Waals surface area (Å²) in [5.41, 5.74) is 1.59. The van der Waals surface area contributed by atoms with Crippen LogP contribution in [0.1, 0.15) is 29.9 Å². The lowest BCUT2D eigenvalue weighted by Gasteiger charge is -2.47. The van der Waals surface area contributed by atoms with Crippen molar-refractivity contribution in [3.05, 3.63) is 63.6 Å². The van der Waals surface area contributed by atoms with Gasteiger partial charge in [-0.05, 0) is 37.5 Å². The van der Waals surface area contributed by atoms with Crippen LogP contribution in [-0.2, 0) is 17.8 Å². The van der Waals surface area contributed by atoms with E-state index < -0.39 is 0 Å². The van der Waals surface area contributed by atoms with Gasteiger partial charge in [0, 0.05) is 45.3 Å². The molecular weight excluding hydrogens is 359 g/mol. The minimum atomic E-state index is -0.180. The van der Waals surface area contributed by atoms with E-state index in [9.17, 15) is 9.18 Å². The minimum Gasteiger partial charge on any atom is -0.372 e. The Morgan fingerprint density at radius 1 is 1.18 bits per heavy atom. The molecule has 3 heterocycles. The molecule has 1 spiro atoms. The highest BCUT2D eigenvalue weighted by Gasteiger charge is 2.39. The van der Waals surface area contributed by atoms with Crippen molar-refractivity contribution in [1.29, 1.82) is 0 Å². The van der Waals surface area contributed by atoms with Gasteiger partial charge in [-0.2, -0.15) is 0 Å². The van der Waals surface area contributed by atoms with Gasteiger partial charge in [0.15, 0.2) is 0 Å². The highest BCUT2D eigenvalue weighted by Crippen LogP contribution is 2.31. The molecule has 2 aliphatic heterocycles. The number of H-pyrrole nitrogens is 1. The lowest BCUT2D eigenvalue weighted by atomic mass is 9.89. The van der Waals surface area contributed by atoms with Crippen LogP contribution in [0, 0.1) is 12.7 Å². The highest BCUT2D eigenvalue weighted by atomic mass is 19.1. The fourth-order valence-corrected chi connectivity index (χ4v) is 4.32. The number of nitrogens with zero attached hydrogens (tertiary/aromatic N) is 3. The molecule has 4 rings (SSSR count). The number of aromatic nitrogens is 2. The fraction of sp³-hybridized carbons (Fsp3) is 0.524. The van der Waals surface area contributed by atoms with E-state index in [4.69, 9.17) is 4.74 Å². The Labute approximate surface area is 164 Å². The Kier molecular flexibility index (Phi) is 5.57. The van der Waals surface area contributed by atoms with Gasteiger partial charge in [-0.3, -0.25) is 14.6 Å². The molecule has 7 heteroatoms. The minimum absolute atomic E-state index is 0.101. The van der Waals surface area contributed by atoms with Crippen LogP contribution >= 0.6 is 0 Å². The molecule has 2 fully saturated rings. The molecule has 0 radical (unpaired) electrons. The maximum Gasteiger partial charge on any atom is 0.251 e. The van der Waals surface area contributed by atoms with Crippen molar-refractivity contribution < 1.29 is 9.13 Å². The van der Waals surface area contributed by atoms with Gasteiger partial charge >= 0.3 is 0 Å². The summed E-state index contributed by atoms with van der Waals surface area (Å²) < 4.78 is 19.6. The highest BCUT2D eigenvalue weighted by molar-refractivity contribution is 5.16. The molecule has 150 valence electrons. The molecule has 0 unspecified atom stereocenters. The quantitative estimate of drug-likeness (QED) is 0.872. The number of rotatable bonds is 4. The van der Waals surface area contributed by atoms with E-state index in [1.807, 2.05) is 6.07 Å². The van der Waals surface area contributed by atoms with Crippen LogP contribution in [-0.4, -0.2) is 58.2 Å². The summed E-state index contributed by atoms with van der Waals surface area (Å²) in [5.74, 6) is 0.469. The number of hydrogen-bond acceptors (Lipinski definition) is 5. The Balaban J connectivity index is 1.35. The standard InChI is InChI=1S/C21H27FN4O2/c1-16-23-19(12-20(27)24-16)14-26-9-10-28-21(15-26)5-7-25(8-6-21)13-17-3-2-4-18(22)11-17/h2-4,11-12H,5-10,13-15H2,1H3,(H,23,24,27). The molecule has 28 heavy (non-hydrogen) atoms. The second-order valence-electron chi connectivity index (χ2n) is 7.97. The van der Waals surface area contributed by atoms with Gasteiger partial charge in [0.25, 0.3) is 5.56 Å². The number of likely N-dealkylation sites (tertiary alicyclic amines) is 1. The first-order valence-electron chi connectivity index (χ1n) is 9.90. The number of aromatic amines is 1. The molecule has 1 aromatic heterocycles. The molecule has 2 saturated heterocycles. The average Bonchev–Trinajstić information content (AvgIpc) is 2.63. The van der Waals surface area contributed by atoms with E-state index in [-0.39, 0.29) is 17.0 Å². The van der Waals surface area contributed by atoms with E-state index in [1.165, 1.54) is 6.07 Å². The molecule has 0 bridgehead atoms. The summed E-state index contributed by atoms with van der Waals surface area (Å²) in [6.07, 6.45) is 1.92. The predicted octanol–water partition coefficient (Wildman–Crippen LogP) is 2.08. The first-order chi connectivity index (χ1) is 13.5. The van der Waals surface area contributed by atoms with Gasteiger partial charge in [0.2, 0.25) is 0 Å². The van der Waals surface area contributed by atoms with Crippen molar-refractivity contribution >= 4 is 0 Å². The summed E-state index contributed by atoms with van der Waals surface area (Å²) in [4.78, 5) is 23.5. The van der Waals surface area contributed by atoms with Gasteiger partial charge in [-0.25, -0.2) is 9.37 Å². The third-order valence-electron chi connectivity index (χ3n) is 5.69. The number of aryl methyl sites for hydroxylation is 1. The van der Waals surface area contributed by atoms with E-state index in [0.717, 1.165) is 56.8 Å². The van der Waals surface area contributed by atoms with Crippen LogP contribution in [0.4, 0.5) is 4.39 Å². The predicted molar refractivity (Wildman–Crippen MR) is 104 cm³/mol. The van der Waals surface area contributed by atoms with Crippen molar-refractivity contribution in [2.75, 3.05) is 32.8 Å². The average molecular weight is 386 g/mol. The Hall–Kier alpha value is -2.09. The molecule has 0 saturated carbocycles. The van der Waals surface area contributed by atoms with Crippen LogP contribution in [0.3, 0.4) is 0 Å². The summed E-state index contributed by atoms with van der Waals surface area (Å²) in [7, 11) is 0. The molecule has 6 nitrogen and oxygen atoms in total. The lowest BCUT2D eigenvalue weighted by molar-refractivity contribution is -0.138. The maximum atomic E-state index is 13.4. The molecule has 0 aliphatic carbocycles. The summed E-state index contributed by atoms with van der Waals surface area (Å²) in [6.45, 7) is 7.53. The van der Waals surface area contributed by atoms with Crippen molar-refractivity contribution in [3.8, 4) is 0 Å². The van der Waals surface area contributed by atoms with Gasteiger partial charge in [-0.1, -0.05) is 12.1 Å². The van der Waals surface area contributed by atoms with Crippen molar-refractivity contribution in [2.24, 2.45) is 0 Å². The number of hydrogen-bond donors (Lipinski definition) is 1. The topological polar surface area (TPSA) is 61.5 Å². The summed E-state index contributed by atoms with van der Waals surface area (Å²) >= 11 is 0. The smallest absolute Gasteiger partial charge is 0.251 e. The molecular formula is C21H27FN4O2. The lowest BCUT2D eigenvalue weighted by Crippen LogP contribution is -2.56. The second-order valence-corrected chi connectivity index (χ2v) is 7.97. The van der Waals surface area contributed by atoms with E-state index >= 15 is 0 Å². The van der Waals surface area contributed by atoms with Crippen molar-refractivity contribution in [3.63, 3.8) is 0 Å². The number of halogens is 1. The molecule has 1 N–H and O–H groups in total. The van der Waals surface area contributed by atoms with E-state index in [1.54, 1.807) is 25.1 Å². The number of piperidine rings is 1. The zero-order chi connectivity index (χ0) is 19.6. The van der Waals surface area contributed by atoms with E-state index in [0.29, 0.717) is 19.0 Å². The van der Waals surface area contributed by atoms with Gasteiger partial charge in [0.1, 0.15) is 11.6 Å². The first-order valence-corrected chi connectivity index (χ1v) is 9.90. The molecule has 1 aromatic carbocycles. The van der Waals surface area contributed by atoms with Crippen LogP contribution in [0.15, 0.2) is 35.1 Å². The third-order valence-corrected chi connectivity index (χ3v) is 5.69. The molecule has 0 amide bonds. The largest absolute Gasteiger partial charge is 0.372 e. The van der Waals surface area contributed by atoms with Gasteiger partial charge < -0.3 is 9.72 Å². The zero-order valence-corrected chi connectivity index (χ0v) is 16.3. The monoisotopic (exact) mass is 386 g/mol. The van der Waals surface area contributed by atoms with Crippen LogP contribution in [0.5, 0.6) is 0 Å². The van der Waals surface area contributed by atoms with Crippen molar-refractivity contribution in [1.82, 2.24) is 19.8 Å². The summed E-state index contributed by atoms with van der Waals surface area (Å²) in [5, 5.41) is 0. The third kappa shape index (κ3) is 4.66. The van der Waals surface area contributed by atoms with Crippen LogP contribution in [0.2, 0.25) is 0 Å². The maximum absolute atomic E-state index is 13.4. The van der Waals surface area contributed by atoms with E-state index in [2.05, 4.69) is 19.8 Å². The zero-order valence-electron chi connectivity index (χ0n) is 16.3. The molecule has 2 aromatic rings. The SMILES string of the molecule is Cc1nc(CN2CCOC3(CCN(Cc4cccc(F)c4)CC3)C2)cc(=O)[nH]1. The van der Waals surface area contributed by atoms with Crippen molar-refractivity contribution in [2.45, 2.75) is 38.5 Å². The number of ether oxygens (including phenoxy) is 1. The number of nitrogens with one attached hydrogen (secondary N) is 1. The molecule has 2 aliphatic rings. The van der Waals surface area contributed by atoms with Crippen LogP contribution < -0.4 is 5.56 Å². The number of benzene rings is 1. The number of morpholine rings is 1. The van der Waals surface area contributed by atoms with Crippen LogP contribution in [0.25, 0.3) is 0 Å². The fourth-order valence-electron chi connectivity index (χ4n) is 4.32.